The van der Waals surface area contributed by atoms with E-state index in [1.54, 1.807) is 19.1 Å². The van der Waals surface area contributed by atoms with E-state index in [4.69, 9.17) is 4.74 Å². The van der Waals surface area contributed by atoms with Gasteiger partial charge in [-0.3, -0.25) is 14.5 Å². The number of aryl methyl sites for hydroxylation is 2. The minimum Gasteiger partial charge on any atom is -0.495 e. The first-order valence-electron chi connectivity index (χ1n) is 8.47. The van der Waals surface area contributed by atoms with Crippen molar-refractivity contribution in [3.8, 4) is 5.75 Å². The predicted octanol–water partition coefficient (Wildman–Crippen LogP) is 3.58. The average molecular weight is 434 g/mol. The van der Waals surface area contributed by atoms with Gasteiger partial charge in [-0.15, -0.1) is 0 Å². The van der Waals surface area contributed by atoms with E-state index in [1.165, 1.54) is 0 Å². The summed E-state index contributed by atoms with van der Waals surface area (Å²) in [5.41, 5.74) is 3.35. The van der Waals surface area contributed by atoms with Gasteiger partial charge in [-0.25, -0.2) is 0 Å². The van der Waals surface area contributed by atoms with Crippen LogP contribution >= 0.6 is 15.9 Å². The second kappa shape index (κ2) is 9.53. The first-order valence-corrected chi connectivity index (χ1v) is 9.27. The van der Waals surface area contributed by atoms with Crippen LogP contribution < -0.4 is 15.4 Å². The number of carbonyl (C=O) groups is 2. The quantitative estimate of drug-likeness (QED) is 0.699. The number of nitrogens with zero attached hydrogens (tertiary/aromatic N) is 1. The summed E-state index contributed by atoms with van der Waals surface area (Å²) >= 11 is 3.40. The van der Waals surface area contributed by atoms with E-state index in [9.17, 15) is 9.59 Å². The molecule has 144 valence electrons. The van der Waals surface area contributed by atoms with E-state index in [0.717, 1.165) is 21.3 Å². The summed E-state index contributed by atoms with van der Waals surface area (Å²) in [7, 11) is 3.28. The second-order valence-corrected chi connectivity index (χ2v) is 7.35. The monoisotopic (exact) mass is 433 g/mol. The molecule has 0 spiro atoms. The third-order valence-electron chi connectivity index (χ3n) is 3.92. The summed E-state index contributed by atoms with van der Waals surface area (Å²) in [6.45, 7) is 4.06. The molecule has 0 aliphatic carbocycles. The summed E-state index contributed by atoms with van der Waals surface area (Å²) < 4.78 is 6.22. The van der Waals surface area contributed by atoms with E-state index in [1.807, 2.05) is 50.2 Å². The van der Waals surface area contributed by atoms with Gasteiger partial charge < -0.3 is 15.4 Å². The fourth-order valence-corrected chi connectivity index (χ4v) is 3.09. The number of hydrogen-bond acceptors (Lipinski definition) is 4. The Kier molecular flexibility index (Phi) is 7.38. The number of halogens is 1. The normalized spacial score (nSPS) is 10.6. The van der Waals surface area contributed by atoms with Gasteiger partial charge in [0.15, 0.2) is 0 Å². The van der Waals surface area contributed by atoms with Crippen LogP contribution in [0, 0.1) is 13.8 Å². The molecule has 6 nitrogen and oxygen atoms in total. The summed E-state index contributed by atoms with van der Waals surface area (Å²) in [6, 6.07) is 11.2. The van der Waals surface area contributed by atoms with Crippen LogP contribution in [0.5, 0.6) is 5.75 Å². The van der Waals surface area contributed by atoms with E-state index >= 15 is 0 Å². The zero-order chi connectivity index (χ0) is 20.0. The molecule has 0 aliphatic heterocycles. The number of rotatable bonds is 7. The number of amides is 2. The third-order valence-corrected chi connectivity index (χ3v) is 4.41. The smallest absolute Gasteiger partial charge is 0.238 e. The molecule has 0 bridgehead atoms. The first-order chi connectivity index (χ1) is 12.8. The number of methoxy groups -OCH3 is 1. The van der Waals surface area contributed by atoms with Gasteiger partial charge in [0, 0.05) is 10.2 Å². The molecule has 0 saturated carbocycles. The van der Waals surface area contributed by atoms with Crippen LogP contribution in [0.2, 0.25) is 0 Å². The third kappa shape index (κ3) is 6.37. The Labute approximate surface area is 168 Å². The molecule has 0 fully saturated rings. The zero-order valence-corrected chi connectivity index (χ0v) is 17.5. The highest BCUT2D eigenvalue weighted by molar-refractivity contribution is 9.10. The highest BCUT2D eigenvalue weighted by Gasteiger charge is 2.13. The molecule has 27 heavy (non-hydrogen) atoms. The van der Waals surface area contributed by atoms with Gasteiger partial charge in [0.25, 0.3) is 0 Å². The van der Waals surface area contributed by atoms with E-state index < -0.39 is 0 Å². The molecule has 0 atom stereocenters. The lowest BCUT2D eigenvalue weighted by molar-refractivity contribution is -0.119. The minimum absolute atomic E-state index is 0.0871. The minimum atomic E-state index is -0.214. The Morgan fingerprint density at radius 3 is 2.22 bits per heavy atom. The summed E-state index contributed by atoms with van der Waals surface area (Å²) in [6.07, 6.45) is 0. The molecule has 0 saturated heterocycles. The standard InChI is InChI=1S/C20H24BrN3O3/c1-13-5-8-18(27-4)17(9-13)23-20(26)12-24(3)11-19(25)22-16-7-6-15(21)10-14(16)2/h5-10H,11-12H2,1-4H3,(H,22,25)(H,23,26). The molecule has 2 N–H and O–H groups in total. The van der Waals surface area contributed by atoms with Gasteiger partial charge in [-0.2, -0.15) is 0 Å². The number of anilines is 2. The van der Waals surface area contributed by atoms with E-state index in [-0.39, 0.29) is 24.9 Å². The van der Waals surface area contributed by atoms with Crippen molar-refractivity contribution >= 4 is 39.1 Å². The Balaban J connectivity index is 1.89. The fraction of sp³-hybridized carbons (Fsp3) is 0.300. The van der Waals surface area contributed by atoms with Crippen molar-refractivity contribution in [3.05, 3.63) is 52.0 Å². The lowest BCUT2D eigenvalue weighted by Crippen LogP contribution is -2.36. The van der Waals surface area contributed by atoms with Crippen molar-refractivity contribution in [3.63, 3.8) is 0 Å². The van der Waals surface area contributed by atoms with Crippen LogP contribution in [-0.4, -0.2) is 44.0 Å². The molecule has 0 unspecified atom stereocenters. The Hall–Kier alpha value is -2.38. The maximum atomic E-state index is 12.3. The maximum Gasteiger partial charge on any atom is 0.238 e. The van der Waals surface area contributed by atoms with Gasteiger partial charge in [0.05, 0.1) is 25.9 Å². The molecule has 0 aliphatic rings. The lowest BCUT2D eigenvalue weighted by atomic mass is 10.2. The molecule has 0 radical (unpaired) electrons. The van der Waals surface area contributed by atoms with Crippen LogP contribution in [-0.2, 0) is 9.59 Å². The zero-order valence-electron chi connectivity index (χ0n) is 15.9. The van der Waals surface area contributed by atoms with Crippen molar-refractivity contribution in [2.75, 3.05) is 37.9 Å². The highest BCUT2D eigenvalue weighted by atomic mass is 79.9. The molecule has 2 rings (SSSR count). The van der Waals surface area contributed by atoms with Crippen LogP contribution in [0.1, 0.15) is 11.1 Å². The largest absolute Gasteiger partial charge is 0.495 e. The number of nitrogens with one attached hydrogen (secondary N) is 2. The SMILES string of the molecule is COc1ccc(C)cc1NC(=O)CN(C)CC(=O)Nc1ccc(Br)cc1C. The second-order valence-electron chi connectivity index (χ2n) is 6.43. The Morgan fingerprint density at radius 1 is 1.00 bits per heavy atom. The predicted molar refractivity (Wildman–Crippen MR) is 111 cm³/mol. The van der Waals surface area contributed by atoms with E-state index in [2.05, 4.69) is 26.6 Å². The van der Waals surface area contributed by atoms with E-state index in [0.29, 0.717) is 11.4 Å². The van der Waals surface area contributed by atoms with Gasteiger partial charge >= 0.3 is 0 Å². The van der Waals surface area contributed by atoms with Gasteiger partial charge in [-0.1, -0.05) is 22.0 Å². The van der Waals surface area contributed by atoms with Crippen molar-refractivity contribution < 1.29 is 14.3 Å². The molecule has 0 aromatic heterocycles. The first kappa shape index (κ1) is 20.9. The average Bonchev–Trinajstić information content (AvgIpc) is 2.57. The van der Waals surface area contributed by atoms with Gasteiger partial charge in [0.2, 0.25) is 11.8 Å². The van der Waals surface area contributed by atoms with Crippen LogP contribution in [0.3, 0.4) is 0 Å². The maximum absolute atomic E-state index is 12.3. The molecular formula is C20H24BrN3O3. The molecule has 2 aromatic rings. The van der Waals surface area contributed by atoms with Crippen LogP contribution in [0.4, 0.5) is 11.4 Å². The number of benzene rings is 2. The fourth-order valence-electron chi connectivity index (χ4n) is 2.61. The molecular weight excluding hydrogens is 410 g/mol. The molecule has 2 amide bonds. The number of ether oxygens (including phenoxy) is 1. The number of carbonyl (C=O) groups excluding carboxylic acids is 2. The molecule has 7 heteroatoms. The summed E-state index contributed by atoms with van der Waals surface area (Å²) in [5.74, 6) is 0.206. The topological polar surface area (TPSA) is 70.7 Å². The number of hydrogen-bond donors (Lipinski definition) is 2. The van der Waals surface area contributed by atoms with Crippen molar-refractivity contribution in [2.45, 2.75) is 13.8 Å². The summed E-state index contributed by atoms with van der Waals surface area (Å²) in [4.78, 5) is 26.2. The highest BCUT2D eigenvalue weighted by Crippen LogP contribution is 2.25. The van der Waals surface area contributed by atoms with Crippen molar-refractivity contribution in [1.82, 2.24) is 4.90 Å². The Bertz CT molecular complexity index is 839. The molecule has 0 heterocycles. The van der Waals surface area contributed by atoms with Crippen molar-refractivity contribution in [1.29, 1.82) is 0 Å². The lowest BCUT2D eigenvalue weighted by Gasteiger charge is -2.17. The van der Waals surface area contributed by atoms with Crippen LogP contribution in [0.25, 0.3) is 0 Å². The van der Waals surface area contributed by atoms with Crippen LogP contribution in [0.15, 0.2) is 40.9 Å². The van der Waals surface area contributed by atoms with Gasteiger partial charge in [-0.05, 0) is 62.4 Å². The van der Waals surface area contributed by atoms with Crippen molar-refractivity contribution in [2.24, 2.45) is 0 Å². The summed E-state index contributed by atoms with van der Waals surface area (Å²) in [5, 5.41) is 5.69. The van der Waals surface area contributed by atoms with Gasteiger partial charge in [0.1, 0.15) is 5.75 Å². The molecule has 2 aromatic carbocycles. The Morgan fingerprint density at radius 2 is 1.63 bits per heavy atom. The number of likely N-dealkylation sites (N-methyl/N-ethyl adjacent to an activating group) is 1.